The van der Waals surface area contributed by atoms with Crippen LogP contribution in [0.15, 0.2) is 18.5 Å². The topological polar surface area (TPSA) is 37.0 Å². The molecule has 0 spiro atoms. The molecule has 0 radical (unpaired) electrons. The Morgan fingerprint density at radius 2 is 2.00 bits per heavy atom. The largest absolute Gasteiger partial charge is 0.384 e. The van der Waals surface area contributed by atoms with Crippen molar-refractivity contribution >= 4 is 11.4 Å². The van der Waals surface area contributed by atoms with E-state index in [2.05, 4.69) is 49.4 Å². The highest BCUT2D eigenvalue weighted by Crippen LogP contribution is 2.63. The molecule has 0 aliphatic heterocycles. The van der Waals surface area contributed by atoms with E-state index in [1.807, 2.05) is 12.4 Å². The van der Waals surface area contributed by atoms with Gasteiger partial charge in [0.2, 0.25) is 0 Å². The summed E-state index contributed by atoms with van der Waals surface area (Å²) in [5.41, 5.74) is 3.09. The molecule has 21 heavy (non-hydrogen) atoms. The average Bonchev–Trinajstić information content (AvgIpc) is 2.93. The fraction of sp³-hybridized carbons (Fsp3) is 0.722. The molecule has 3 nitrogen and oxygen atoms in total. The summed E-state index contributed by atoms with van der Waals surface area (Å²) in [7, 11) is 0. The van der Waals surface area contributed by atoms with Gasteiger partial charge in [-0.1, -0.05) is 27.7 Å². The van der Waals surface area contributed by atoms with Crippen molar-refractivity contribution in [3.05, 3.63) is 18.5 Å². The fourth-order valence-corrected chi connectivity index (χ4v) is 4.71. The molecule has 3 atom stereocenters. The standard InChI is InChI=1S/C18H29N3/c1-5-8-20-14-9-15(12-19-11-14)21-16-17(2,3)13-6-7-18(16,4)10-13/h9,11-13,16,20-21H,5-8,10H2,1-4H3. The first-order valence-electron chi connectivity index (χ1n) is 8.41. The zero-order chi connectivity index (χ0) is 15.1. The van der Waals surface area contributed by atoms with Crippen LogP contribution < -0.4 is 10.6 Å². The number of rotatable bonds is 5. The van der Waals surface area contributed by atoms with Crippen LogP contribution in [0.4, 0.5) is 11.4 Å². The number of hydrogen-bond acceptors (Lipinski definition) is 3. The predicted octanol–water partition coefficient (Wildman–Crippen LogP) is 4.53. The minimum atomic E-state index is 0.375. The molecular formula is C18H29N3. The first kappa shape index (κ1) is 14.7. The van der Waals surface area contributed by atoms with Crippen molar-refractivity contribution in [2.75, 3.05) is 17.2 Å². The number of fused-ring (bicyclic) bond motifs is 2. The van der Waals surface area contributed by atoms with Gasteiger partial charge in [0, 0.05) is 12.6 Å². The van der Waals surface area contributed by atoms with Crippen LogP contribution in [0.3, 0.4) is 0 Å². The lowest BCUT2D eigenvalue weighted by Gasteiger charge is -2.43. The number of nitrogens with one attached hydrogen (secondary N) is 2. The number of aromatic nitrogens is 1. The highest BCUT2D eigenvalue weighted by atomic mass is 15.0. The van der Waals surface area contributed by atoms with Gasteiger partial charge in [-0.3, -0.25) is 4.98 Å². The first-order chi connectivity index (χ1) is 9.95. The number of pyridine rings is 1. The van der Waals surface area contributed by atoms with Gasteiger partial charge in [0.1, 0.15) is 0 Å². The molecule has 116 valence electrons. The van der Waals surface area contributed by atoms with Crippen LogP contribution in [0.2, 0.25) is 0 Å². The third kappa shape index (κ3) is 2.51. The first-order valence-corrected chi connectivity index (χ1v) is 8.41. The lowest BCUT2D eigenvalue weighted by atomic mass is 9.68. The van der Waals surface area contributed by atoms with Gasteiger partial charge < -0.3 is 10.6 Å². The van der Waals surface area contributed by atoms with Crippen molar-refractivity contribution in [3.8, 4) is 0 Å². The summed E-state index contributed by atoms with van der Waals surface area (Å²) in [6, 6.07) is 2.75. The van der Waals surface area contributed by atoms with Gasteiger partial charge in [-0.05, 0) is 48.5 Å². The molecule has 0 amide bonds. The van der Waals surface area contributed by atoms with Gasteiger partial charge in [-0.2, -0.15) is 0 Å². The summed E-state index contributed by atoms with van der Waals surface area (Å²) >= 11 is 0. The third-order valence-corrected chi connectivity index (χ3v) is 5.90. The van der Waals surface area contributed by atoms with Gasteiger partial charge in [-0.15, -0.1) is 0 Å². The zero-order valence-electron chi connectivity index (χ0n) is 13.9. The molecule has 2 aliphatic rings. The van der Waals surface area contributed by atoms with Crippen LogP contribution >= 0.6 is 0 Å². The molecule has 1 aromatic rings. The van der Waals surface area contributed by atoms with Gasteiger partial charge in [0.25, 0.3) is 0 Å². The van der Waals surface area contributed by atoms with E-state index < -0.39 is 0 Å². The second kappa shape index (κ2) is 5.19. The smallest absolute Gasteiger partial charge is 0.0550 e. The molecule has 3 rings (SSSR count). The molecule has 1 heterocycles. The summed E-state index contributed by atoms with van der Waals surface area (Å²) in [6.07, 6.45) is 9.14. The molecule has 3 unspecified atom stereocenters. The molecule has 2 saturated carbocycles. The molecule has 2 N–H and O–H groups in total. The Morgan fingerprint density at radius 3 is 2.67 bits per heavy atom. The minimum Gasteiger partial charge on any atom is -0.384 e. The van der Waals surface area contributed by atoms with E-state index in [4.69, 9.17) is 0 Å². The maximum absolute atomic E-state index is 4.39. The van der Waals surface area contributed by atoms with Gasteiger partial charge in [0.15, 0.2) is 0 Å². The van der Waals surface area contributed by atoms with E-state index in [-0.39, 0.29) is 0 Å². The molecule has 3 heteroatoms. The maximum Gasteiger partial charge on any atom is 0.0550 e. The Labute approximate surface area is 128 Å². The Hall–Kier alpha value is -1.25. The van der Waals surface area contributed by atoms with Crippen molar-refractivity contribution in [1.29, 1.82) is 0 Å². The van der Waals surface area contributed by atoms with Crippen molar-refractivity contribution in [1.82, 2.24) is 4.98 Å². The molecule has 1 aromatic heterocycles. The van der Waals surface area contributed by atoms with Gasteiger partial charge >= 0.3 is 0 Å². The lowest BCUT2D eigenvalue weighted by molar-refractivity contribution is 0.155. The SMILES string of the molecule is CCCNc1cncc(NC2C3(C)CCC(C3)C2(C)C)c1. The normalized spacial score (nSPS) is 33.1. The second-order valence-corrected chi connectivity index (χ2v) is 7.88. The zero-order valence-corrected chi connectivity index (χ0v) is 13.9. The highest BCUT2D eigenvalue weighted by Gasteiger charge is 2.59. The van der Waals surface area contributed by atoms with E-state index in [1.54, 1.807) is 0 Å². The Morgan fingerprint density at radius 1 is 1.24 bits per heavy atom. The second-order valence-electron chi connectivity index (χ2n) is 7.88. The van der Waals surface area contributed by atoms with E-state index in [0.717, 1.165) is 30.3 Å². The Balaban J connectivity index is 1.77. The quantitative estimate of drug-likeness (QED) is 0.835. The monoisotopic (exact) mass is 287 g/mol. The molecule has 2 aliphatic carbocycles. The number of nitrogens with zero attached hydrogens (tertiary/aromatic N) is 1. The molecule has 2 bridgehead atoms. The Bertz CT molecular complexity index is 506. The molecule has 2 fully saturated rings. The minimum absolute atomic E-state index is 0.375. The van der Waals surface area contributed by atoms with Crippen molar-refractivity contribution < 1.29 is 0 Å². The summed E-state index contributed by atoms with van der Waals surface area (Å²) in [5, 5.41) is 7.24. The number of anilines is 2. The van der Waals surface area contributed by atoms with E-state index in [9.17, 15) is 0 Å². The van der Waals surface area contributed by atoms with Crippen LogP contribution in [-0.4, -0.2) is 17.6 Å². The molecule has 0 aromatic carbocycles. The summed E-state index contributed by atoms with van der Waals surface area (Å²) in [6.45, 7) is 10.5. The van der Waals surface area contributed by atoms with E-state index >= 15 is 0 Å². The van der Waals surface area contributed by atoms with Gasteiger partial charge in [0.05, 0.1) is 23.8 Å². The van der Waals surface area contributed by atoms with Crippen LogP contribution in [0, 0.1) is 16.7 Å². The van der Waals surface area contributed by atoms with E-state index in [1.165, 1.54) is 19.3 Å². The highest BCUT2D eigenvalue weighted by molar-refractivity contribution is 5.55. The Kier molecular flexibility index (Phi) is 3.62. The van der Waals surface area contributed by atoms with E-state index in [0.29, 0.717) is 16.9 Å². The summed E-state index contributed by atoms with van der Waals surface area (Å²) in [4.78, 5) is 4.39. The average molecular weight is 287 g/mol. The number of hydrogen-bond donors (Lipinski definition) is 2. The molecule has 0 saturated heterocycles. The van der Waals surface area contributed by atoms with Crippen LogP contribution in [-0.2, 0) is 0 Å². The predicted molar refractivity (Wildman–Crippen MR) is 89.7 cm³/mol. The van der Waals surface area contributed by atoms with Crippen LogP contribution in [0.25, 0.3) is 0 Å². The lowest BCUT2D eigenvalue weighted by Crippen LogP contribution is -2.45. The molecular weight excluding hydrogens is 258 g/mol. The van der Waals surface area contributed by atoms with Crippen molar-refractivity contribution in [2.24, 2.45) is 16.7 Å². The van der Waals surface area contributed by atoms with Crippen molar-refractivity contribution in [2.45, 2.75) is 59.4 Å². The fourth-order valence-electron chi connectivity index (χ4n) is 4.71. The maximum atomic E-state index is 4.39. The van der Waals surface area contributed by atoms with Crippen LogP contribution in [0.5, 0.6) is 0 Å². The van der Waals surface area contributed by atoms with Crippen molar-refractivity contribution in [3.63, 3.8) is 0 Å². The third-order valence-electron chi connectivity index (χ3n) is 5.90. The van der Waals surface area contributed by atoms with Gasteiger partial charge in [-0.25, -0.2) is 0 Å². The van der Waals surface area contributed by atoms with Crippen LogP contribution in [0.1, 0.15) is 53.4 Å². The summed E-state index contributed by atoms with van der Waals surface area (Å²) in [5.74, 6) is 0.870. The summed E-state index contributed by atoms with van der Waals surface area (Å²) < 4.78 is 0.